The molecule has 126 valence electrons. The fourth-order valence-electron chi connectivity index (χ4n) is 2.93. The molecule has 3 rings (SSSR count). The van der Waals surface area contributed by atoms with Crippen LogP contribution in [-0.2, 0) is 0 Å². The molecule has 1 amide bonds. The molecule has 1 aliphatic heterocycles. The van der Waals surface area contributed by atoms with Crippen LogP contribution in [0, 0.1) is 0 Å². The van der Waals surface area contributed by atoms with Gasteiger partial charge in [0.25, 0.3) is 5.91 Å². The van der Waals surface area contributed by atoms with Gasteiger partial charge in [-0.25, -0.2) is 0 Å². The summed E-state index contributed by atoms with van der Waals surface area (Å²) in [5.74, 6) is 0.846. The Bertz CT molecular complexity index is 694. The zero-order valence-electron chi connectivity index (χ0n) is 14.1. The zero-order valence-corrected chi connectivity index (χ0v) is 14.1. The van der Waals surface area contributed by atoms with Crippen LogP contribution in [0.3, 0.4) is 0 Å². The SMILES string of the molecule is COc1ccc(Nc2ccccc2C(=O)N(C)[C@@H]2CCNC2)cc1. The van der Waals surface area contributed by atoms with Crippen molar-refractivity contribution >= 4 is 17.3 Å². The Balaban J connectivity index is 1.80. The number of rotatable bonds is 5. The number of hydrogen-bond acceptors (Lipinski definition) is 4. The molecular formula is C19H23N3O2. The first-order valence-corrected chi connectivity index (χ1v) is 8.17. The van der Waals surface area contributed by atoms with E-state index in [1.54, 1.807) is 7.11 Å². The van der Waals surface area contributed by atoms with Crippen molar-refractivity contribution in [3.05, 3.63) is 54.1 Å². The van der Waals surface area contributed by atoms with Crippen LogP contribution in [0.25, 0.3) is 0 Å². The van der Waals surface area contributed by atoms with Crippen molar-refractivity contribution in [1.29, 1.82) is 0 Å². The van der Waals surface area contributed by atoms with Crippen LogP contribution < -0.4 is 15.4 Å². The third-order valence-corrected chi connectivity index (χ3v) is 4.43. The maximum Gasteiger partial charge on any atom is 0.255 e. The molecule has 1 heterocycles. The first-order valence-electron chi connectivity index (χ1n) is 8.17. The van der Waals surface area contributed by atoms with Gasteiger partial charge in [-0.15, -0.1) is 0 Å². The van der Waals surface area contributed by atoms with Crippen molar-refractivity contribution in [3.8, 4) is 5.75 Å². The minimum Gasteiger partial charge on any atom is -0.497 e. The van der Waals surface area contributed by atoms with Gasteiger partial charge in [-0.1, -0.05) is 12.1 Å². The summed E-state index contributed by atoms with van der Waals surface area (Å²) >= 11 is 0. The number of nitrogens with zero attached hydrogens (tertiary/aromatic N) is 1. The Morgan fingerprint density at radius 2 is 1.96 bits per heavy atom. The van der Waals surface area contributed by atoms with E-state index in [9.17, 15) is 4.79 Å². The average Bonchev–Trinajstić information content (AvgIpc) is 3.16. The summed E-state index contributed by atoms with van der Waals surface area (Å²) in [5.41, 5.74) is 2.41. The molecule has 0 spiro atoms. The highest BCUT2D eigenvalue weighted by atomic mass is 16.5. The van der Waals surface area contributed by atoms with Crippen LogP contribution in [0.15, 0.2) is 48.5 Å². The highest BCUT2D eigenvalue weighted by Gasteiger charge is 2.25. The van der Waals surface area contributed by atoms with Gasteiger partial charge in [0.1, 0.15) is 5.75 Å². The molecule has 2 N–H and O–H groups in total. The highest BCUT2D eigenvalue weighted by molar-refractivity contribution is 6.00. The Kier molecular flexibility index (Phi) is 5.01. The molecule has 0 aliphatic carbocycles. The van der Waals surface area contributed by atoms with Crippen LogP contribution in [0.5, 0.6) is 5.75 Å². The molecule has 2 aromatic carbocycles. The second kappa shape index (κ2) is 7.36. The molecule has 5 heteroatoms. The molecule has 0 aromatic heterocycles. The van der Waals surface area contributed by atoms with E-state index in [2.05, 4.69) is 10.6 Å². The third-order valence-electron chi connectivity index (χ3n) is 4.43. The summed E-state index contributed by atoms with van der Waals surface area (Å²) in [4.78, 5) is 14.7. The van der Waals surface area contributed by atoms with Gasteiger partial charge in [0.2, 0.25) is 0 Å². The van der Waals surface area contributed by atoms with Crippen molar-refractivity contribution in [2.24, 2.45) is 0 Å². The number of nitrogens with one attached hydrogen (secondary N) is 2. The quantitative estimate of drug-likeness (QED) is 0.887. The van der Waals surface area contributed by atoms with Crippen molar-refractivity contribution in [3.63, 3.8) is 0 Å². The number of anilines is 2. The molecule has 24 heavy (non-hydrogen) atoms. The van der Waals surface area contributed by atoms with E-state index in [0.717, 1.165) is 36.6 Å². The molecule has 1 saturated heterocycles. The topological polar surface area (TPSA) is 53.6 Å². The van der Waals surface area contributed by atoms with Crippen molar-refractivity contribution in [2.75, 3.05) is 32.6 Å². The van der Waals surface area contributed by atoms with Gasteiger partial charge in [-0.05, 0) is 49.4 Å². The van der Waals surface area contributed by atoms with Gasteiger partial charge in [-0.3, -0.25) is 4.79 Å². The predicted octanol–water partition coefficient (Wildman–Crippen LogP) is 2.87. The smallest absolute Gasteiger partial charge is 0.255 e. The summed E-state index contributed by atoms with van der Waals surface area (Å²) in [7, 11) is 3.52. The van der Waals surface area contributed by atoms with E-state index in [1.807, 2.05) is 60.5 Å². The largest absolute Gasteiger partial charge is 0.497 e. The molecular weight excluding hydrogens is 302 g/mol. The van der Waals surface area contributed by atoms with Crippen LogP contribution >= 0.6 is 0 Å². The van der Waals surface area contributed by atoms with E-state index in [4.69, 9.17) is 4.74 Å². The van der Waals surface area contributed by atoms with E-state index in [1.165, 1.54) is 0 Å². The number of likely N-dealkylation sites (N-methyl/N-ethyl adjacent to an activating group) is 1. The number of hydrogen-bond donors (Lipinski definition) is 2. The summed E-state index contributed by atoms with van der Waals surface area (Å²) in [6.45, 7) is 1.82. The monoisotopic (exact) mass is 325 g/mol. The van der Waals surface area contributed by atoms with E-state index in [0.29, 0.717) is 5.56 Å². The average molecular weight is 325 g/mol. The van der Waals surface area contributed by atoms with E-state index >= 15 is 0 Å². The Morgan fingerprint density at radius 3 is 2.62 bits per heavy atom. The summed E-state index contributed by atoms with van der Waals surface area (Å²) in [6, 6.07) is 15.5. The van der Waals surface area contributed by atoms with Gasteiger partial charge in [0.05, 0.1) is 18.4 Å². The van der Waals surface area contributed by atoms with Gasteiger partial charge in [0.15, 0.2) is 0 Å². The molecule has 1 atom stereocenters. The lowest BCUT2D eigenvalue weighted by Crippen LogP contribution is -2.38. The van der Waals surface area contributed by atoms with Crippen LogP contribution in [0.2, 0.25) is 0 Å². The first kappa shape index (κ1) is 16.3. The number of para-hydroxylation sites is 1. The molecule has 0 unspecified atom stereocenters. The van der Waals surface area contributed by atoms with Crippen LogP contribution in [-0.4, -0.2) is 44.1 Å². The summed E-state index contributed by atoms with van der Waals surface area (Å²) in [5, 5.41) is 6.63. The molecule has 0 radical (unpaired) electrons. The minimum absolute atomic E-state index is 0.0420. The van der Waals surface area contributed by atoms with Gasteiger partial charge < -0.3 is 20.3 Å². The zero-order chi connectivity index (χ0) is 16.9. The lowest BCUT2D eigenvalue weighted by Gasteiger charge is -2.25. The standard InChI is InChI=1S/C19H23N3O2/c1-22(15-11-12-20-13-15)19(23)17-5-3-4-6-18(17)21-14-7-9-16(24-2)10-8-14/h3-10,15,20-21H,11-13H2,1-2H3/t15-/m1/s1. The fraction of sp³-hybridized carbons (Fsp3) is 0.316. The molecule has 1 fully saturated rings. The minimum atomic E-state index is 0.0420. The van der Waals surface area contributed by atoms with Crippen molar-refractivity contribution in [1.82, 2.24) is 10.2 Å². The second-order valence-corrected chi connectivity index (χ2v) is 5.96. The van der Waals surface area contributed by atoms with Gasteiger partial charge in [0, 0.05) is 25.3 Å². The van der Waals surface area contributed by atoms with Crippen LogP contribution in [0.1, 0.15) is 16.8 Å². The molecule has 2 aromatic rings. The third kappa shape index (κ3) is 3.51. The molecule has 0 saturated carbocycles. The second-order valence-electron chi connectivity index (χ2n) is 5.96. The summed E-state index contributed by atoms with van der Waals surface area (Å²) in [6.07, 6.45) is 0.996. The number of ether oxygens (including phenoxy) is 1. The highest BCUT2D eigenvalue weighted by Crippen LogP contribution is 2.24. The fourth-order valence-corrected chi connectivity index (χ4v) is 2.93. The normalized spacial score (nSPS) is 16.7. The van der Waals surface area contributed by atoms with E-state index < -0.39 is 0 Å². The Labute approximate surface area is 142 Å². The first-order chi connectivity index (χ1) is 11.7. The predicted molar refractivity (Wildman–Crippen MR) is 96.1 cm³/mol. The Morgan fingerprint density at radius 1 is 1.21 bits per heavy atom. The lowest BCUT2D eigenvalue weighted by molar-refractivity contribution is 0.0745. The maximum absolute atomic E-state index is 12.9. The number of carbonyl (C=O) groups excluding carboxylic acids is 1. The van der Waals surface area contributed by atoms with Crippen LogP contribution in [0.4, 0.5) is 11.4 Å². The lowest BCUT2D eigenvalue weighted by atomic mass is 10.1. The Hall–Kier alpha value is -2.53. The van der Waals surface area contributed by atoms with Crippen molar-refractivity contribution in [2.45, 2.75) is 12.5 Å². The maximum atomic E-state index is 12.9. The van der Waals surface area contributed by atoms with Crippen molar-refractivity contribution < 1.29 is 9.53 Å². The number of benzene rings is 2. The molecule has 1 aliphatic rings. The summed E-state index contributed by atoms with van der Waals surface area (Å²) < 4.78 is 5.18. The van der Waals surface area contributed by atoms with Gasteiger partial charge in [-0.2, -0.15) is 0 Å². The van der Waals surface area contributed by atoms with E-state index in [-0.39, 0.29) is 11.9 Å². The number of amides is 1. The molecule has 5 nitrogen and oxygen atoms in total. The van der Waals surface area contributed by atoms with Gasteiger partial charge >= 0.3 is 0 Å². The molecule has 0 bridgehead atoms. The number of methoxy groups -OCH3 is 1. The number of carbonyl (C=O) groups is 1.